The molecule has 1 aromatic rings. The quantitative estimate of drug-likeness (QED) is 0.329. The Morgan fingerprint density at radius 2 is 1.79 bits per heavy atom. The average molecular weight is 412 g/mol. The van der Waals surface area contributed by atoms with E-state index >= 15 is 0 Å². The van der Waals surface area contributed by atoms with Gasteiger partial charge >= 0.3 is 0 Å². The van der Waals surface area contributed by atoms with Gasteiger partial charge < -0.3 is 15.4 Å². The van der Waals surface area contributed by atoms with Crippen LogP contribution in [0.2, 0.25) is 0 Å². The number of nitrogens with one attached hydrogen (secondary N) is 3. The van der Waals surface area contributed by atoms with Gasteiger partial charge in [0.1, 0.15) is 0 Å². The highest BCUT2D eigenvalue weighted by Crippen LogP contribution is 2.15. The molecule has 0 atom stereocenters. The molecule has 8 nitrogen and oxygen atoms in total. The summed E-state index contributed by atoms with van der Waals surface area (Å²) in [6, 6.07) is 6.79. The summed E-state index contributed by atoms with van der Waals surface area (Å²) in [5.74, 6) is 0.649. The molecule has 1 aliphatic rings. The number of guanidine groups is 1. The Bertz CT molecular complexity index is 741. The van der Waals surface area contributed by atoms with Crippen LogP contribution in [0.25, 0.3) is 0 Å². The number of rotatable bonds is 8. The van der Waals surface area contributed by atoms with Crippen LogP contribution in [0.5, 0.6) is 0 Å². The van der Waals surface area contributed by atoms with Crippen molar-refractivity contribution in [1.82, 2.24) is 20.3 Å². The van der Waals surface area contributed by atoms with E-state index in [1.54, 1.807) is 31.3 Å². The summed E-state index contributed by atoms with van der Waals surface area (Å²) in [6.45, 7) is 11.1. The van der Waals surface area contributed by atoms with Gasteiger partial charge in [-0.3, -0.25) is 9.89 Å². The lowest BCUT2D eigenvalue weighted by atomic mass is 10.0. The Morgan fingerprint density at radius 3 is 2.39 bits per heavy atom. The summed E-state index contributed by atoms with van der Waals surface area (Å²) in [5, 5.41) is 6.47. The summed E-state index contributed by atoms with van der Waals surface area (Å²) in [6.07, 6.45) is 0. The third kappa shape index (κ3) is 6.73. The molecule has 9 heteroatoms. The predicted molar refractivity (Wildman–Crippen MR) is 112 cm³/mol. The topological polar surface area (TPSA) is 95.1 Å². The fourth-order valence-electron chi connectivity index (χ4n) is 2.97. The van der Waals surface area contributed by atoms with Crippen molar-refractivity contribution in [1.29, 1.82) is 0 Å². The number of nitrogens with zero attached hydrogens (tertiary/aromatic N) is 2. The molecule has 0 radical (unpaired) electrons. The number of ether oxygens (including phenoxy) is 1. The van der Waals surface area contributed by atoms with Crippen molar-refractivity contribution in [2.24, 2.45) is 4.99 Å². The normalized spacial score (nSPS) is 16.8. The number of aryl methyl sites for hydroxylation is 1. The number of hydrogen-bond donors (Lipinski definition) is 3. The zero-order valence-electron chi connectivity index (χ0n) is 17.3. The number of morpholine rings is 1. The molecule has 0 aromatic heterocycles. The fourth-order valence-corrected chi connectivity index (χ4v) is 4.00. The number of sulfonamides is 1. The minimum Gasteiger partial charge on any atom is -0.379 e. The molecular weight excluding hydrogens is 378 g/mol. The highest BCUT2D eigenvalue weighted by atomic mass is 32.2. The first-order valence-corrected chi connectivity index (χ1v) is 11.1. The Kier molecular flexibility index (Phi) is 8.23. The third-order valence-corrected chi connectivity index (χ3v) is 6.30. The van der Waals surface area contributed by atoms with Crippen LogP contribution in [-0.2, 0) is 14.8 Å². The molecule has 1 fully saturated rings. The second kappa shape index (κ2) is 10.2. The molecule has 2 rings (SSSR count). The molecule has 1 aromatic carbocycles. The maximum Gasteiger partial charge on any atom is 0.240 e. The third-order valence-electron chi connectivity index (χ3n) is 4.82. The first-order chi connectivity index (χ1) is 13.2. The van der Waals surface area contributed by atoms with Crippen LogP contribution >= 0.6 is 0 Å². The zero-order valence-corrected chi connectivity index (χ0v) is 18.1. The lowest BCUT2D eigenvalue weighted by Gasteiger charge is -2.41. The van der Waals surface area contributed by atoms with Crippen LogP contribution in [0.3, 0.4) is 0 Å². The Hall–Kier alpha value is -1.68. The van der Waals surface area contributed by atoms with Gasteiger partial charge in [-0.15, -0.1) is 0 Å². The number of aliphatic imine (C=N–C) groups is 1. The van der Waals surface area contributed by atoms with E-state index < -0.39 is 10.0 Å². The number of benzene rings is 1. The van der Waals surface area contributed by atoms with Crippen LogP contribution < -0.4 is 15.4 Å². The maximum atomic E-state index is 12.3. The smallest absolute Gasteiger partial charge is 0.240 e. The van der Waals surface area contributed by atoms with Gasteiger partial charge in [0.2, 0.25) is 10.0 Å². The highest BCUT2D eigenvalue weighted by Gasteiger charge is 2.28. The Morgan fingerprint density at radius 1 is 1.14 bits per heavy atom. The molecule has 0 spiro atoms. The summed E-state index contributed by atoms with van der Waals surface area (Å²) in [5.41, 5.74) is 0.990. The number of hydrogen-bond acceptors (Lipinski definition) is 5. The molecule has 1 aliphatic heterocycles. The van der Waals surface area contributed by atoms with E-state index in [2.05, 4.69) is 39.1 Å². The highest BCUT2D eigenvalue weighted by molar-refractivity contribution is 7.89. The summed E-state index contributed by atoms with van der Waals surface area (Å²) in [7, 11) is -1.80. The molecule has 0 unspecified atom stereocenters. The molecule has 0 aliphatic carbocycles. The van der Waals surface area contributed by atoms with Gasteiger partial charge in [-0.25, -0.2) is 13.1 Å². The molecule has 3 N–H and O–H groups in total. The van der Waals surface area contributed by atoms with Crippen LogP contribution in [-0.4, -0.2) is 77.8 Å². The lowest BCUT2D eigenvalue weighted by molar-refractivity contribution is -0.00833. The van der Waals surface area contributed by atoms with E-state index in [1.807, 2.05) is 6.92 Å². The van der Waals surface area contributed by atoms with Crippen molar-refractivity contribution < 1.29 is 13.2 Å². The zero-order chi connectivity index (χ0) is 20.6. The minimum atomic E-state index is -3.50. The summed E-state index contributed by atoms with van der Waals surface area (Å²) >= 11 is 0. The second-order valence-corrected chi connectivity index (χ2v) is 9.24. The fraction of sp³-hybridized carbons (Fsp3) is 0.632. The van der Waals surface area contributed by atoms with Gasteiger partial charge in [0.25, 0.3) is 0 Å². The average Bonchev–Trinajstić information content (AvgIpc) is 2.68. The predicted octanol–water partition coefficient (Wildman–Crippen LogP) is 0.549. The molecular formula is C19H33N5O3S. The molecule has 0 saturated carbocycles. The maximum absolute atomic E-state index is 12.3. The van der Waals surface area contributed by atoms with Crippen LogP contribution in [0, 0.1) is 6.92 Å². The van der Waals surface area contributed by atoms with Crippen molar-refractivity contribution in [2.45, 2.75) is 31.2 Å². The van der Waals surface area contributed by atoms with Crippen molar-refractivity contribution in [3.05, 3.63) is 29.8 Å². The SMILES string of the molecule is CN=C(NCCNS(=O)(=O)c1ccc(C)cc1)NCC(C)(C)N1CCOCC1. The van der Waals surface area contributed by atoms with E-state index in [4.69, 9.17) is 4.74 Å². The standard InChI is InChI=1S/C19H33N5O3S/c1-16-5-7-17(8-6-16)28(25,26)23-10-9-21-18(20-4)22-15-19(2,3)24-11-13-27-14-12-24/h5-8,23H,9-15H2,1-4H3,(H2,20,21,22). The molecule has 0 amide bonds. The molecule has 0 bridgehead atoms. The van der Waals surface area contributed by atoms with Crippen LogP contribution in [0.4, 0.5) is 0 Å². The van der Waals surface area contributed by atoms with Gasteiger partial charge in [-0.05, 0) is 32.9 Å². The molecule has 1 saturated heterocycles. The van der Waals surface area contributed by atoms with Crippen molar-refractivity contribution >= 4 is 16.0 Å². The minimum absolute atomic E-state index is 0.0333. The van der Waals surface area contributed by atoms with Gasteiger partial charge in [0.15, 0.2) is 5.96 Å². The summed E-state index contributed by atoms with van der Waals surface area (Å²) in [4.78, 5) is 6.88. The molecule has 158 valence electrons. The van der Waals surface area contributed by atoms with Crippen LogP contribution in [0.15, 0.2) is 34.2 Å². The van der Waals surface area contributed by atoms with E-state index in [0.717, 1.165) is 38.4 Å². The first kappa shape index (κ1) is 22.6. The Labute approximate surface area is 168 Å². The monoisotopic (exact) mass is 411 g/mol. The molecule has 28 heavy (non-hydrogen) atoms. The van der Waals surface area contributed by atoms with E-state index in [9.17, 15) is 8.42 Å². The van der Waals surface area contributed by atoms with Crippen molar-refractivity contribution in [2.75, 3.05) is 53.0 Å². The van der Waals surface area contributed by atoms with Gasteiger partial charge in [0, 0.05) is 45.3 Å². The van der Waals surface area contributed by atoms with Crippen molar-refractivity contribution in [3.63, 3.8) is 0 Å². The van der Waals surface area contributed by atoms with Gasteiger partial charge in [0.05, 0.1) is 18.1 Å². The van der Waals surface area contributed by atoms with Gasteiger partial charge in [-0.1, -0.05) is 17.7 Å². The molecule has 1 heterocycles. The summed E-state index contributed by atoms with van der Waals surface area (Å²) < 4.78 is 32.6. The van der Waals surface area contributed by atoms with Crippen LogP contribution in [0.1, 0.15) is 19.4 Å². The van der Waals surface area contributed by atoms with Crippen molar-refractivity contribution in [3.8, 4) is 0 Å². The van der Waals surface area contributed by atoms with E-state index in [1.165, 1.54) is 0 Å². The largest absolute Gasteiger partial charge is 0.379 e. The van der Waals surface area contributed by atoms with Gasteiger partial charge in [-0.2, -0.15) is 0 Å². The lowest BCUT2D eigenvalue weighted by Crippen LogP contribution is -2.56. The second-order valence-electron chi connectivity index (χ2n) is 7.48. The Balaban J connectivity index is 1.75. The van der Waals surface area contributed by atoms with E-state index in [0.29, 0.717) is 12.5 Å². The first-order valence-electron chi connectivity index (χ1n) is 9.58. The van der Waals surface area contributed by atoms with E-state index in [-0.39, 0.29) is 17.0 Å².